The lowest BCUT2D eigenvalue weighted by Crippen LogP contribution is -2.48. The molecule has 1 saturated heterocycles. The summed E-state index contributed by atoms with van der Waals surface area (Å²) in [6, 6.07) is 7.33. The molecule has 0 spiro atoms. The van der Waals surface area contributed by atoms with Gasteiger partial charge < -0.3 is 5.32 Å². The standard InChI is InChI=1S/C12H17N3O2/c1-10-8-14(7-6-13-10)9-11-2-4-12(5-3-11)15(16)17/h2-5,10,13H,6-9H2,1H3/t10-/m0/s1. The van der Waals surface area contributed by atoms with E-state index in [1.165, 1.54) is 0 Å². The lowest BCUT2D eigenvalue weighted by Gasteiger charge is -2.31. The molecule has 1 aliphatic rings. The monoisotopic (exact) mass is 235 g/mol. The van der Waals surface area contributed by atoms with Gasteiger partial charge in [-0.2, -0.15) is 0 Å². The topological polar surface area (TPSA) is 58.4 Å². The second-order valence-corrected chi connectivity index (χ2v) is 4.51. The fourth-order valence-electron chi connectivity index (χ4n) is 2.14. The van der Waals surface area contributed by atoms with E-state index in [4.69, 9.17) is 0 Å². The first-order valence-electron chi connectivity index (χ1n) is 5.84. The molecule has 1 aromatic carbocycles. The highest BCUT2D eigenvalue weighted by atomic mass is 16.6. The van der Waals surface area contributed by atoms with E-state index >= 15 is 0 Å². The van der Waals surface area contributed by atoms with E-state index in [1.807, 2.05) is 12.1 Å². The molecule has 1 fully saturated rings. The quantitative estimate of drug-likeness (QED) is 0.635. The third kappa shape index (κ3) is 3.25. The van der Waals surface area contributed by atoms with Crippen molar-refractivity contribution in [2.45, 2.75) is 19.5 Å². The summed E-state index contributed by atoms with van der Waals surface area (Å²) in [4.78, 5) is 12.5. The Labute approximate surface area is 101 Å². The van der Waals surface area contributed by atoms with Gasteiger partial charge in [0.25, 0.3) is 5.69 Å². The minimum absolute atomic E-state index is 0.155. The van der Waals surface area contributed by atoms with Gasteiger partial charge >= 0.3 is 0 Å². The highest BCUT2D eigenvalue weighted by Gasteiger charge is 2.15. The number of hydrogen-bond donors (Lipinski definition) is 1. The molecule has 2 rings (SSSR count). The fraction of sp³-hybridized carbons (Fsp3) is 0.500. The molecule has 0 unspecified atom stereocenters. The Hall–Kier alpha value is -1.46. The molecule has 0 amide bonds. The Balaban J connectivity index is 1.96. The normalized spacial score (nSPS) is 21.4. The van der Waals surface area contributed by atoms with Crippen LogP contribution >= 0.6 is 0 Å². The number of piperazine rings is 1. The number of hydrogen-bond acceptors (Lipinski definition) is 4. The molecule has 1 N–H and O–H groups in total. The number of nitro benzene ring substituents is 1. The zero-order valence-electron chi connectivity index (χ0n) is 9.93. The third-order valence-corrected chi connectivity index (χ3v) is 3.01. The maximum atomic E-state index is 10.5. The Morgan fingerprint density at radius 1 is 1.47 bits per heavy atom. The predicted molar refractivity (Wildman–Crippen MR) is 65.8 cm³/mol. The van der Waals surface area contributed by atoms with Gasteiger partial charge in [0, 0.05) is 44.4 Å². The predicted octanol–water partition coefficient (Wildman–Crippen LogP) is 1.39. The van der Waals surface area contributed by atoms with Gasteiger partial charge in [-0.15, -0.1) is 0 Å². The van der Waals surface area contributed by atoms with Crippen molar-refractivity contribution in [3.05, 3.63) is 39.9 Å². The summed E-state index contributed by atoms with van der Waals surface area (Å²) in [6.45, 7) is 6.10. The van der Waals surface area contributed by atoms with Gasteiger partial charge in [-0.25, -0.2) is 0 Å². The first-order valence-corrected chi connectivity index (χ1v) is 5.84. The van der Waals surface area contributed by atoms with Crippen molar-refractivity contribution in [2.24, 2.45) is 0 Å². The van der Waals surface area contributed by atoms with Gasteiger partial charge in [-0.05, 0) is 12.5 Å². The lowest BCUT2D eigenvalue weighted by molar-refractivity contribution is -0.384. The number of benzene rings is 1. The van der Waals surface area contributed by atoms with Crippen molar-refractivity contribution in [1.29, 1.82) is 0 Å². The van der Waals surface area contributed by atoms with E-state index in [2.05, 4.69) is 17.1 Å². The van der Waals surface area contributed by atoms with Crippen molar-refractivity contribution < 1.29 is 4.92 Å². The van der Waals surface area contributed by atoms with Crippen molar-refractivity contribution in [1.82, 2.24) is 10.2 Å². The highest BCUT2D eigenvalue weighted by molar-refractivity contribution is 5.32. The summed E-state index contributed by atoms with van der Waals surface area (Å²) in [7, 11) is 0. The average Bonchev–Trinajstić information content (AvgIpc) is 2.29. The van der Waals surface area contributed by atoms with Crippen LogP contribution in [0.4, 0.5) is 5.69 Å². The summed E-state index contributed by atoms with van der Waals surface area (Å²) in [5, 5.41) is 13.9. The van der Waals surface area contributed by atoms with E-state index < -0.39 is 0 Å². The highest BCUT2D eigenvalue weighted by Crippen LogP contribution is 2.14. The van der Waals surface area contributed by atoms with Crippen molar-refractivity contribution in [3.63, 3.8) is 0 Å². The summed E-state index contributed by atoms with van der Waals surface area (Å²) in [5.41, 5.74) is 1.28. The Morgan fingerprint density at radius 3 is 2.76 bits per heavy atom. The minimum atomic E-state index is -0.364. The number of non-ortho nitro benzene ring substituents is 1. The van der Waals surface area contributed by atoms with E-state index in [0.717, 1.165) is 31.7 Å². The average molecular weight is 235 g/mol. The van der Waals surface area contributed by atoms with Gasteiger partial charge in [0.15, 0.2) is 0 Å². The molecule has 1 atom stereocenters. The summed E-state index contributed by atoms with van der Waals surface area (Å²) < 4.78 is 0. The molecule has 1 heterocycles. The Kier molecular flexibility index (Phi) is 3.71. The molecule has 0 aromatic heterocycles. The molecule has 0 saturated carbocycles. The fourth-order valence-corrected chi connectivity index (χ4v) is 2.14. The van der Waals surface area contributed by atoms with Crippen LogP contribution in [0.3, 0.4) is 0 Å². The maximum absolute atomic E-state index is 10.5. The van der Waals surface area contributed by atoms with Crippen LogP contribution in [-0.4, -0.2) is 35.5 Å². The Bertz CT molecular complexity index is 391. The van der Waals surface area contributed by atoms with Crippen LogP contribution in [0.1, 0.15) is 12.5 Å². The van der Waals surface area contributed by atoms with Gasteiger partial charge in [0.2, 0.25) is 0 Å². The van der Waals surface area contributed by atoms with Gasteiger partial charge in [-0.1, -0.05) is 12.1 Å². The van der Waals surface area contributed by atoms with Crippen molar-refractivity contribution in [3.8, 4) is 0 Å². The van der Waals surface area contributed by atoms with Gasteiger partial charge in [-0.3, -0.25) is 15.0 Å². The minimum Gasteiger partial charge on any atom is -0.312 e. The zero-order chi connectivity index (χ0) is 12.3. The lowest BCUT2D eigenvalue weighted by atomic mass is 10.1. The van der Waals surface area contributed by atoms with E-state index in [-0.39, 0.29) is 10.6 Å². The second-order valence-electron chi connectivity index (χ2n) is 4.51. The number of nitrogens with zero attached hydrogens (tertiary/aromatic N) is 2. The molecule has 1 aliphatic heterocycles. The first kappa shape index (κ1) is 12.0. The van der Waals surface area contributed by atoms with Gasteiger partial charge in [0.1, 0.15) is 0 Å². The van der Waals surface area contributed by atoms with Crippen molar-refractivity contribution >= 4 is 5.69 Å². The van der Waals surface area contributed by atoms with Crippen LogP contribution in [-0.2, 0) is 6.54 Å². The van der Waals surface area contributed by atoms with Crippen LogP contribution in [0.2, 0.25) is 0 Å². The van der Waals surface area contributed by atoms with Gasteiger partial charge in [0.05, 0.1) is 4.92 Å². The molecule has 0 radical (unpaired) electrons. The Morgan fingerprint density at radius 2 is 2.18 bits per heavy atom. The van der Waals surface area contributed by atoms with Crippen LogP contribution in [0.5, 0.6) is 0 Å². The molecular formula is C12H17N3O2. The molecule has 0 bridgehead atoms. The molecule has 5 heteroatoms. The maximum Gasteiger partial charge on any atom is 0.269 e. The van der Waals surface area contributed by atoms with E-state index in [0.29, 0.717) is 6.04 Å². The summed E-state index contributed by atoms with van der Waals surface area (Å²) in [5.74, 6) is 0. The molecule has 1 aromatic rings. The molecule has 5 nitrogen and oxygen atoms in total. The number of nitro groups is 1. The largest absolute Gasteiger partial charge is 0.312 e. The van der Waals surface area contributed by atoms with Crippen LogP contribution in [0.15, 0.2) is 24.3 Å². The van der Waals surface area contributed by atoms with Crippen molar-refractivity contribution in [2.75, 3.05) is 19.6 Å². The molecule has 92 valence electrons. The smallest absolute Gasteiger partial charge is 0.269 e. The molecule has 0 aliphatic carbocycles. The van der Waals surface area contributed by atoms with E-state index in [1.54, 1.807) is 12.1 Å². The molecule has 17 heavy (non-hydrogen) atoms. The number of rotatable bonds is 3. The molecular weight excluding hydrogens is 218 g/mol. The summed E-state index contributed by atoms with van der Waals surface area (Å²) in [6.07, 6.45) is 0. The van der Waals surface area contributed by atoms with Crippen LogP contribution in [0, 0.1) is 10.1 Å². The first-order chi connectivity index (χ1) is 8.15. The van der Waals surface area contributed by atoms with Crippen LogP contribution in [0.25, 0.3) is 0 Å². The third-order valence-electron chi connectivity index (χ3n) is 3.01. The number of nitrogens with one attached hydrogen (secondary N) is 1. The van der Waals surface area contributed by atoms with Crippen LogP contribution < -0.4 is 5.32 Å². The zero-order valence-corrected chi connectivity index (χ0v) is 9.93. The summed E-state index contributed by atoms with van der Waals surface area (Å²) >= 11 is 0. The second kappa shape index (κ2) is 5.25. The SMILES string of the molecule is C[C@H]1CN(Cc2ccc([N+](=O)[O-])cc2)CCN1. The van der Waals surface area contributed by atoms with E-state index in [9.17, 15) is 10.1 Å².